The Labute approximate surface area is 140 Å². The van der Waals surface area contributed by atoms with Gasteiger partial charge >= 0.3 is 0 Å². The van der Waals surface area contributed by atoms with Crippen molar-refractivity contribution in [3.63, 3.8) is 0 Å². The Hall–Kier alpha value is -3.46. The van der Waals surface area contributed by atoms with Crippen molar-refractivity contribution in [3.05, 3.63) is 60.3 Å². The molecule has 0 aliphatic rings. The van der Waals surface area contributed by atoms with E-state index >= 15 is 0 Å². The molecule has 0 spiro atoms. The minimum Gasteiger partial charge on any atom is -0.508 e. The van der Waals surface area contributed by atoms with Crippen LogP contribution in [0.4, 0.5) is 17.1 Å². The zero-order valence-electron chi connectivity index (χ0n) is 13.4. The van der Waals surface area contributed by atoms with Crippen molar-refractivity contribution in [2.24, 2.45) is 0 Å². The van der Waals surface area contributed by atoms with Gasteiger partial charge in [-0.25, -0.2) is 0 Å². The predicted molar refractivity (Wildman–Crippen MR) is 94.8 cm³/mol. The van der Waals surface area contributed by atoms with Crippen molar-refractivity contribution in [2.45, 2.75) is 0 Å². The monoisotopic (exact) mass is 322 g/mol. The third-order valence-corrected chi connectivity index (χ3v) is 3.26. The van der Waals surface area contributed by atoms with Gasteiger partial charge in [-0.05, 0) is 48.5 Å². The van der Waals surface area contributed by atoms with E-state index in [9.17, 15) is 9.90 Å². The van der Waals surface area contributed by atoms with Crippen LogP contribution in [0.5, 0.6) is 5.75 Å². The van der Waals surface area contributed by atoms with Crippen LogP contribution >= 0.6 is 0 Å². The molecule has 24 heavy (non-hydrogen) atoms. The van der Waals surface area contributed by atoms with Gasteiger partial charge in [0.25, 0.3) is 5.91 Å². The van der Waals surface area contributed by atoms with Crippen molar-refractivity contribution in [3.8, 4) is 11.8 Å². The van der Waals surface area contributed by atoms with E-state index in [2.05, 4.69) is 10.6 Å². The first-order valence-corrected chi connectivity index (χ1v) is 7.24. The number of amides is 1. The number of anilines is 3. The maximum Gasteiger partial charge on any atom is 0.267 e. The molecule has 0 atom stereocenters. The Kier molecular flexibility index (Phi) is 5.42. The highest BCUT2D eigenvalue weighted by Gasteiger charge is 2.09. The number of nitrogens with one attached hydrogen (secondary N) is 2. The molecule has 0 saturated heterocycles. The molecule has 6 heteroatoms. The summed E-state index contributed by atoms with van der Waals surface area (Å²) in [7, 11) is 3.90. The van der Waals surface area contributed by atoms with Gasteiger partial charge < -0.3 is 20.6 Å². The Bertz CT molecular complexity index is 772. The van der Waals surface area contributed by atoms with Crippen molar-refractivity contribution in [1.82, 2.24) is 0 Å². The van der Waals surface area contributed by atoms with E-state index in [4.69, 9.17) is 5.26 Å². The van der Waals surface area contributed by atoms with Crippen LogP contribution in [0.25, 0.3) is 0 Å². The third-order valence-electron chi connectivity index (χ3n) is 3.26. The first-order chi connectivity index (χ1) is 11.5. The SMILES string of the molecule is CN(C)c1ccc(N/C=C(/C#N)C(=O)Nc2ccc(O)cc2)cc1. The summed E-state index contributed by atoms with van der Waals surface area (Å²) in [5.41, 5.74) is 2.26. The van der Waals surface area contributed by atoms with Gasteiger partial charge in [0.1, 0.15) is 17.4 Å². The number of hydrogen-bond donors (Lipinski definition) is 3. The number of aromatic hydroxyl groups is 1. The largest absolute Gasteiger partial charge is 0.508 e. The second-order valence-electron chi connectivity index (χ2n) is 5.26. The van der Waals surface area contributed by atoms with Crippen molar-refractivity contribution >= 4 is 23.0 Å². The van der Waals surface area contributed by atoms with Crippen LogP contribution in [0.1, 0.15) is 0 Å². The van der Waals surface area contributed by atoms with E-state index in [0.717, 1.165) is 11.4 Å². The lowest BCUT2D eigenvalue weighted by Crippen LogP contribution is -2.14. The molecule has 2 aromatic carbocycles. The van der Waals surface area contributed by atoms with Crippen LogP contribution in [-0.4, -0.2) is 25.1 Å². The number of benzene rings is 2. The maximum absolute atomic E-state index is 12.1. The molecule has 0 aliphatic heterocycles. The summed E-state index contributed by atoms with van der Waals surface area (Å²) in [6.07, 6.45) is 1.36. The summed E-state index contributed by atoms with van der Waals surface area (Å²) in [5.74, 6) is -0.424. The average molecular weight is 322 g/mol. The van der Waals surface area contributed by atoms with Gasteiger partial charge in [0.2, 0.25) is 0 Å². The number of phenols is 1. The zero-order valence-corrected chi connectivity index (χ0v) is 13.4. The molecule has 0 radical (unpaired) electrons. The molecular weight excluding hydrogens is 304 g/mol. The van der Waals surface area contributed by atoms with Gasteiger partial charge in [-0.15, -0.1) is 0 Å². The number of nitrogens with zero attached hydrogens (tertiary/aromatic N) is 2. The van der Waals surface area contributed by atoms with E-state index in [0.29, 0.717) is 5.69 Å². The van der Waals surface area contributed by atoms with Gasteiger partial charge in [0.15, 0.2) is 0 Å². The molecule has 0 saturated carbocycles. The molecule has 0 heterocycles. The maximum atomic E-state index is 12.1. The molecule has 2 rings (SSSR count). The topological polar surface area (TPSA) is 88.4 Å². The second kappa shape index (κ2) is 7.70. The highest BCUT2D eigenvalue weighted by molar-refractivity contribution is 6.06. The lowest BCUT2D eigenvalue weighted by molar-refractivity contribution is -0.112. The Morgan fingerprint density at radius 3 is 2.21 bits per heavy atom. The summed E-state index contributed by atoms with van der Waals surface area (Å²) < 4.78 is 0. The standard InChI is InChI=1S/C18H18N4O2/c1-22(2)16-7-3-14(4-8-16)20-12-13(11-19)18(24)21-15-5-9-17(23)10-6-15/h3-10,12,20,23H,1-2H3,(H,21,24)/b13-12-. The fourth-order valence-corrected chi connectivity index (χ4v) is 1.90. The smallest absolute Gasteiger partial charge is 0.267 e. The van der Waals surface area contributed by atoms with Gasteiger partial charge in [-0.3, -0.25) is 4.79 Å². The Morgan fingerprint density at radius 2 is 1.67 bits per heavy atom. The van der Waals surface area contributed by atoms with Crippen LogP contribution in [0.15, 0.2) is 60.3 Å². The van der Waals surface area contributed by atoms with Crippen molar-refractivity contribution in [2.75, 3.05) is 29.6 Å². The first-order valence-electron chi connectivity index (χ1n) is 7.24. The van der Waals surface area contributed by atoms with E-state index in [-0.39, 0.29) is 11.3 Å². The lowest BCUT2D eigenvalue weighted by Gasteiger charge is -2.12. The minimum atomic E-state index is -0.527. The molecule has 0 aromatic heterocycles. The van der Waals surface area contributed by atoms with Crippen molar-refractivity contribution in [1.29, 1.82) is 5.26 Å². The molecule has 0 fully saturated rings. The van der Waals surface area contributed by atoms with E-state index in [1.54, 1.807) is 12.1 Å². The molecule has 3 N–H and O–H groups in total. The van der Waals surface area contributed by atoms with Crippen LogP contribution in [0.2, 0.25) is 0 Å². The van der Waals surface area contributed by atoms with Crippen LogP contribution in [0.3, 0.4) is 0 Å². The summed E-state index contributed by atoms with van der Waals surface area (Å²) in [5, 5.41) is 23.9. The van der Waals surface area contributed by atoms with Gasteiger partial charge in [-0.1, -0.05) is 0 Å². The number of carbonyl (C=O) groups excluding carboxylic acids is 1. The summed E-state index contributed by atoms with van der Waals surface area (Å²) >= 11 is 0. The van der Waals surface area contributed by atoms with Crippen molar-refractivity contribution < 1.29 is 9.90 Å². The average Bonchev–Trinajstić information content (AvgIpc) is 2.58. The summed E-state index contributed by atoms with van der Waals surface area (Å²) in [4.78, 5) is 14.1. The molecular formula is C18H18N4O2. The van der Waals surface area contributed by atoms with E-state index < -0.39 is 5.91 Å². The fourth-order valence-electron chi connectivity index (χ4n) is 1.90. The van der Waals surface area contributed by atoms with Crippen LogP contribution in [-0.2, 0) is 4.79 Å². The number of rotatable bonds is 5. The summed E-state index contributed by atoms with van der Waals surface area (Å²) in [6.45, 7) is 0. The number of carbonyl (C=O) groups is 1. The predicted octanol–water partition coefficient (Wildman–Crippen LogP) is 2.92. The Morgan fingerprint density at radius 1 is 1.08 bits per heavy atom. The molecule has 122 valence electrons. The number of nitriles is 1. The molecule has 1 amide bonds. The first kappa shape index (κ1) is 16.9. The number of hydrogen-bond acceptors (Lipinski definition) is 5. The highest BCUT2D eigenvalue weighted by atomic mass is 16.3. The lowest BCUT2D eigenvalue weighted by atomic mass is 10.2. The van der Waals surface area contributed by atoms with E-state index in [1.807, 2.05) is 49.3 Å². The third kappa shape index (κ3) is 4.52. The molecule has 0 bridgehead atoms. The van der Waals surface area contributed by atoms with Crippen LogP contribution in [0, 0.1) is 11.3 Å². The summed E-state index contributed by atoms with van der Waals surface area (Å²) in [6, 6.07) is 15.5. The fraction of sp³-hybridized carbons (Fsp3) is 0.111. The zero-order chi connectivity index (χ0) is 17.5. The molecule has 2 aromatic rings. The van der Waals surface area contributed by atoms with Gasteiger partial charge in [-0.2, -0.15) is 5.26 Å². The number of phenolic OH excluding ortho intramolecular Hbond substituents is 1. The highest BCUT2D eigenvalue weighted by Crippen LogP contribution is 2.17. The molecule has 6 nitrogen and oxygen atoms in total. The van der Waals surface area contributed by atoms with Gasteiger partial charge in [0, 0.05) is 37.4 Å². The minimum absolute atomic E-state index is 0.0558. The molecule has 0 aliphatic carbocycles. The Balaban J connectivity index is 2.04. The molecule has 0 unspecified atom stereocenters. The normalized spacial score (nSPS) is 10.6. The second-order valence-corrected chi connectivity index (χ2v) is 5.26. The van der Waals surface area contributed by atoms with E-state index in [1.165, 1.54) is 18.3 Å². The van der Waals surface area contributed by atoms with Crippen LogP contribution < -0.4 is 15.5 Å². The quantitative estimate of drug-likeness (QED) is 0.447. The van der Waals surface area contributed by atoms with Gasteiger partial charge in [0.05, 0.1) is 0 Å².